The molecule has 0 saturated heterocycles. The van der Waals surface area contributed by atoms with Crippen LogP contribution in [0.3, 0.4) is 0 Å². The topological polar surface area (TPSA) is 84.2 Å². The smallest absolute Gasteiger partial charge is 0.234 e. The van der Waals surface area contributed by atoms with Crippen LogP contribution in [-0.4, -0.2) is 24.4 Å². The van der Waals surface area contributed by atoms with Gasteiger partial charge in [-0.3, -0.25) is 9.59 Å². The Bertz CT molecular complexity index is 420. The lowest BCUT2D eigenvalue weighted by Gasteiger charge is -2.12. The normalized spacial score (nSPS) is 11.8. The van der Waals surface area contributed by atoms with E-state index in [1.807, 2.05) is 37.3 Å². The molecule has 5 heteroatoms. The van der Waals surface area contributed by atoms with Gasteiger partial charge in [0, 0.05) is 13.0 Å². The molecule has 0 radical (unpaired) electrons. The number of hydrogen-bond acceptors (Lipinski definition) is 3. The molecule has 1 aromatic rings. The van der Waals surface area contributed by atoms with Gasteiger partial charge in [-0.1, -0.05) is 37.3 Å². The highest BCUT2D eigenvalue weighted by Crippen LogP contribution is 1.98. The molecule has 0 aliphatic rings. The molecule has 0 bridgehead atoms. The van der Waals surface area contributed by atoms with Crippen molar-refractivity contribution in [1.29, 1.82) is 0 Å². The van der Waals surface area contributed by atoms with Gasteiger partial charge in [-0.15, -0.1) is 0 Å². The van der Waals surface area contributed by atoms with Crippen LogP contribution in [-0.2, 0) is 16.1 Å². The molecule has 20 heavy (non-hydrogen) atoms. The Morgan fingerprint density at radius 3 is 2.55 bits per heavy atom. The van der Waals surface area contributed by atoms with Crippen molar-refractivity contribution in [2.75, 3.05) is 6.54 Å². The van der Waals surface area contributed by atoms with Crippen LogP contribution in [0.2, 0.25) is 0 Å². The average molecular weight is 277 g/mol. The fraction of sp³-hybridized carbons (Fsp3) is 0.467. The van der Waals surface area contributed by atoms with Crippen LogP contribution in [0.5, 0.6) is 0 Å². The Labute approximate surface area is 119 Å². The number of carbonyl (C=O) groups excluding carboxylic acids is 2. The van der Waals surface area contributed by atoms with Gasteiger partial charge >= 0.3 is 0 Å². The fourth-order valence-corrected chi connectivity index (χ4v) is 1.86. The maximum atomic E-state index is 11.6. The van der Waals surface area contributed by atoms with Crippen LogP contribution in [0.25, 0.3) is 0 Å². The summed E-state index contributed by atoms with van der Waals surface area (Å²) in [5.41, 5.74) is 6.30. The summed E-state index contributed by atoms with van der Waals surface area (Å²) in [5, 5.41) is 5.91. The zero-order valence-corrected chi connectivity index (χ0v) is 11.9. The third-order valence-electron chi connectivity index (χ3n) is 3.06. The molecule has 4 N–H and O–H groups in total. The van der Waals surface area contributed by atoms with Crippen LogP contribution in [0.1, 0.15) is 31.7 Å². The number of hydrogen-bond donors (Lipinski definition) is 3. The molecule has 0 aliphatic carbocycles. The van der Waals surface area contributed by atoms with Gasteiger partial charge in [0.25, 0.3) is 0 Å². The molecule has 0 aliphatic heterocycles. The van der Waals surface area contributed by atoms with E-state index in [2.05, 4.69) is 10.6 Å². The second-order valence-electron chi connectivity index (χ2n) is 4.68. The summed E-state index contributed by atoms with van der Waals surface area (Å²) in [5.74, 6) is -0.330. The number of nitrogens with one attached hydrogen (secondary N) is 2. The first-order valence-corrected chi connectivity index (χ1v) is 6.96. The van der Waals surface area contributed by atoms with Crippen LogP contribution in [0, 0.1) is 0 Å². The molecule has 0 aromatic heterocycles. The van der Waals surface area contributed by atoms with Crippen molar-refractivity contribution in [3.05, 3.63) is 35.9 Å². The highest BCUT2D eigenvalue weighted by Gasteiger charge is 2.11. The van der Waals surface area contributed by atoms with Gasteiger partial charge in [-0.25, -0.2) is 0 Å². The largest absolute Gasteiger partial charge is 0.368 e. The van der Waals surface area contributed by atoms with Gasteiger partial charge < -0.3 is 16.4 Å². The number of benzene rings is 1. The van der Waals surface area contributed by atoms with E-state index in [0.29, 0.717) is 32.4 Å². The minimum atomic E-state index is -0.346. The maximum absolute atomic E-state index is 11.6. The summed E-state index contributed by atoms with van der Waals surface area (Å²) in [6.07, 6.45) is 1.79. The molecule has 0 heterocycles. The average Bonchev–Trinajstić information content (AvgIpc) is 2.46. The number of carbonyl (C=O) groups is 2. The monoisotopic (exact) mass is 277 g/mol. The third kappa shape index (κ3) is 6.33. The highest BCUT2D eigenvalue weighted by molar-refractivity contribution is 5.79. The maximum Gasteiger partial charge on any atom is 0.234 e. The van der Waals surface area contributed by atoms with E-state index in [-0.39, 0.29) is 17.9 Å². The van der Waals surface area contributed by atoms with Gasteiger partial charge in [0.2, 0.25) is 11.8 Å². The first kappa shape index (κ1) is 16.2. The van der Waals surface area contributed by atoms with E-state index in [9.17, 15) is 9.59 Å². The summed E-state index contributed by atoms with van der Waals surface area (Å²) in [6, 6.07) is 9.48. The van der Waals surface area contributed by atoms with E-state index in [4.69, 9.17) is 5.73 Å². The van der Waals surface area contributed by atoms with E-state index >= 15 is 0 Å². The van der Waals surface area contributed by atoms with E-state index in [1.54, 1.807) is 0 Å². The molecule has 2 amide bonds. The third-order valence-corrected chi connectivity index (χ3v) is 3.06. The van der Waals surface area contributed by atoms with Crippen molar-refractivity contribution in [2.45, 2.75) is 38.8 Å². The van der Waals surface area contributed by atoms with Crippen molar-refractivity contribution in [3.63, 3.8) is 0 Å². The predicted molar refractivity (Wildman–Crippen MR) is 78.8 cm³/mol. The predicted octanol–water partition coefficient (Wildman–Crippen LogP) is 0.936. The second kappa shape index (κ2) is 9.09. The van der Waals surface area contributed by atoms with Crippen molar-refractivity contribution in [2.24, 2.45) is 5.73 Å². The van der Waals surface area contributed by atoms with Gasteiger partial charge in [-0.05, 0) is 24.9 Å². The molecular formula is C15H23N3O2. The highest BCUT2D eigenvalue weighted by atomic mass is 16.2. The van der Waals surface area contributed by atoms with Crippen LogP contribution in [0.4, 0.5) is 0 Å². The number of amides is 2. The van der Waals surface area contributed by atoms with E-state index < -0.39 is 0 Å². The summed E-state index contributed by atoms with van der Waals surface area (Å²) in [4.78, 5) is 22.6. The fourth-order valence-electron chi connectivity index (χ4n) is 1.86. The minimum absolute atomic E-state index is 0.0165. The molecular weight excluding hydrogens is 254 g/mol. The van der Waals surface area contributed by atoms with E-state index in [1.165, 1.54) is 0 Å². The molecule has 0 saturated carbocycles. The summed E-state index contributed by atoms with van der Waals surface area (Å²) in [7, 11) is 0. The van der Waals surface area contributed by atoms with Crippen LogP contribution < -0.4 is 16.4 Å². The van der Waals surface area contributed by atoms with Crippen molar-refractivity contribution < 1.29 is 9.59 Å². The lowest BCUT2D eigenvalue weighted by Crippen LogP contribution is -2.41. The van der Waals surface area contributed by atoms with E-state index in [0.717, 1.165) is 5.56 Å². The van der Waals surface area contributed by atoms with Crippen molar-refractivity contribution >= 4 is 11.8 Å². The molecule has 1 aromatic carbocycles. The van der Waals surface area contributed by atoms with Gasteiger partial charge in [0.1, 0.15) is 0 Å². The Morgan fingerprint density at radius 1 is 1.25 bits per heavy atom. The Balaban J connectivity index is 2.13. The number of nitrogens with two attached hydrogens (primary N) is 1. The van der Waals surface area contributed by atoms with Gasteiger partial charge in [0.05, 0.1) is 6.04 Å². The minimum Gasteiger partial charge on any atom is -0.368 e. The zero-order valence-electron chi connectivity index (χ0n) is 11.9. The Hall–Kier alpha value is -1.88. The summed E-state index contributed by atoms with van der Waals surface area (Å²) >= 11 is 0. The van der Waals surface area contributed by atoms with Crippen LogP contribution in [0.15, 0.2) is 30.3 Å². The van der Waals surface area contributed by atoms with Gasteiger partial charge in [0.15, 0.2) is 0 Å². The molecule has 1 atom stereocenters. The second-order valence-corrected chi connectivity index (χ2v) is 4.68. The number of primary amides is 1. The van der Waals surface area contributed by atoms with Crippen molar-refractivity contribution in [1.82, 2.24) is 10.6 Å². The molecule has 0 fully saturated rings. The zero-order chi connectivity index (χ0) is 14.8. The molecule has 1 unspecified atom stereocenters. The standard InChI is InChI=1S/C15H23N3O2/c1-2-13(15(16)20)17-10-6-9-14(19)18-11-12-7-4-3-5-8-12/h3-5,7-8,13,17H,2,6,9-11H2,1H3,(H2,16,20)(H,18,19). The Morgan fingerprint density at radius 2 is 1.95 bits per heavy atom. The lowest BCUT2D eigenvalue weighted by atomic mass is 10.2. The molecule has 110 valence electrons. The summed E-state index contributed by atoms with van der Waals surface area (Å²) in [6.45, 7) is 3.06. The summed E-state index contributed by atoms with van der Waals surface area (Å²) < 4.78 is 0. The molecule has 0 spiro atoms. The molecule has 1 rings (SSSR count). The van der Waals surface area contributed by atoms with Crippen molar-refractivity contribution in [3.8, 4) is 0 Å². The quantitative estimate of drug-likeness (QED) is 0.587. The number of rotatable bonds is 9. The lowest BCUT2D eigenvalue weighted by molar-refractivity contribution is -0.121. The SMILES string of the molecule is CCC(NCCCC(=O)NCc1ccccc1)C(N)=O. The Kier molecular flexibility index (Phi) is 7.35. The van der Waals surface area contributed by atoms with Crippen LogP contribution >= 0.6 is 0 Å². The first-order chi connectivity index (χ1) is 9.63. The van der Waals surface area contributed by atoms with Gasteiger partial charge in [-0.2, -0.15) is 0 Å². The molecule has 5 nitrogen and oxygen atoms in total. The first-order valence-electron chi connectivity index (χ1n) is 6.96.